The Morgan fingerprint density at radius 1 is 1.20 bits per heavy atom. The second-order valence-electron chi connectivity index (χ2n) is 3.19. The van der Waals surface area contributed by atoms with Gasteiger partial charge in [0.1, 0.15) is 5.75 Å². The zero-order valence-electron chi connectivity index (χ0n) is 8.89. The minimum Gasteiger partial charge on any atom is -0.497 e. The van der Waals surface area contributed by atoms with Crippen molar-refractivity contribution in [2.45, 2.75) is 18.7 Å². The van der Waals surface area contributed by atoms with E-state index in [0.717, 1.165) is 0 Å². The molecule has 0 aliphatic heterocycles. The number of sulfonamides is 1. The molecular weight excluding hydrogens is 214 g/mol. The molecule has 0 N–H and O–H groups in total. The Morgan fingerprint density at radius 3 is 2.13 bits per heavy atom. The van der Waals surface area contributed by atoms with E-state index >= 15 is 0 Å². The lowest BCUT2D eigenvalue weighted by Gasteiger charge is -2.01. The Kier molecular flexibility index (Phi) is 3.47. The maximum Gasteiger partial charge on any atom is 0.282 e. The molecule has 0 spiro atoms. The highest BCUT2D eigenvalue weighted by molar-refractivity contribution is 7.90. The van der Waals surface area contributed by atoms with Crippen LogP contribution in [0.5, 0.6) is 5.75 Å². The average molecular weight is 227 g/mol. The van der Waals surface area contributed by atoms with Gasteiger partial charge in [-0.1, -0.05) is 0 Å². The van der Waals surface area contributed by atoms with E-state index in [1.165, 1.54) is 19.2 Å². The fourth-order valence-electron chi connectivity index (χ4n) is 1.04. The molecule has 0 aromatic heterocycles. The number of nitrogens with zero attached hydrogens (tertiary/aromatic N) is 1. The van der Waals surface area contributed by atoms with Crippen molar-refractivity contribution in [2.75, 3.05) is 7.11 Å². The van der Waals surface area contributed by atoms with E-state index in [9.17, 15) is 8.42 Å². The zero-order valence-corrected chi connectivity index (χ0v) is 9.71. The largest absolute Gasteiger partial charge is 0.497 e. The topological polar surface area (TPSA) is 55.7 Å². The molecule has 1 rings (SSSR count). The van der Waals surface area contributed by atoms with Gasteiger partial charge in [0.2, 0.25) is 0 Å². The van der Waals surface area contributed by atoms with Gasteiger partial charge in [-0.25, -0.2) is 0 Å². The van der Waals surface area contributed by atoms with Gasteiger partial charge in [-0.05, 0) is 38.1 Å². The second kappa shape index (κ2) is 4.44. The third kappa shape index (κ3) is 3.06. The Bertz CT molecular complexity index is 456. The summed E-state index contributed by atoms with van der Waals surface area (Å²) >= 11 is 0. The van der Waals surface area contributed by atoms with Crippen molar-refractivity contribution < 1.29 is 13.2 Å². The van der Waals surface area contributed by atoms with Gasteiger partial charge in [-0.3, -0.25) is 0 Å². The molecule has 0 aliphatic rings. The quantitative estimate of drug-likeness (QED) is 0.741. The Balaban J connectivity index is 3.12. The average Bonchev–Trinajstić information content (AvgIpc) is 2.16. The molecular formula is C10H13NO3S. The van der Waals surface area contributed by atoms with E-state index in [-0.39, 0.29) is 4.90 Å². The number of hydrogen-bond acceptors (Lipinski definition) is 3. The van der Waals surface area contributed by atoms with Gasteiger partial charge in [-0.2, -0.15) is 12.8 Å². The highest BCUT2D eigenvalue weighted by Gasteiger charge is 2.11. The predicted molar refractivity (Wildman–Crippen MR) is 59.0 cm³/mol. The Morgan fingerprint density at radius 2 is 1.73 bits per heavy atom. The second-order valence-corrected chi connectivity index (χ2v) is 4.79. The van der Waals surface area contributed by atoms with Crippen molar-refractivity contribution in [2.24, 2.45) is 4.40 Å². The lowest BCUT2D eigenvalue weighted by atomic mass is 10.3. The first-order valence-electron chi connectivity index (χ1n) is 4.38. The third-order valence-corrected chi connectivity index (χ3v) is 3.13. The normalized spacial score (nSPS) is 10.9. The number of methoxy groups -OCH3 is 1. The predicted octanol–water partition coefficient (Wildman–Crippen LogP) is 1.86. The van der Waals surface area contributed by atoms with Crippen LogP contribution in [-0.4, -0.2) is 21.2 Å². The van der Waals surface area contributed by atoms with Gasteiger partial charge in [0.25, 0.3) is 10.0 Å². The fraction of sp³-hybridized carbons (Fsp3) is 0.300. The first-order chi connectivity index (χ1) is 6.95. The van der Waals surface area contributed by atoms with E-state index < -0.39 is 10.0 Å². The van der Waals surface area contributed by atoms with Crippen molar-refractivity contribution in [3.63, 3.8) is 0 Å². The molecule has 82 valence electrons. The lowest BCUT2D eigenvalue weighted by Crippen LogP contribution is -1.99. The zero-order chi connectivity index (χ0) is 11.5. The molecule has 1 aromatic rings. The molecule has 1 aromatic carbocycles. The minimum absolute atomic E-state index is 0.171. The van der Waals surface area contributed by atoms with E-state index in [4.69, 9.17) is 4.74 Å². The molecule has 0 radical (unpaired) electrons. The van der Waals surface area contributed by atoms with E-state index in [2.05, 4.69) is 4.40 Å². The van der Waals surface area contributed by atoms with Crippen LogP contribution in [0, 0.1) is 0 Å². The smallest absolute Gasteiger partial charge is 0.282 e. The third-order valence-electron chi connectivity index (χ3n) is 1.66. The van der Waals surface area contributed by atoms with Crippen LogP contribution in [0.25, 0.3) is 0 Å². The Labute approximate surface area is 89.7 Å². The molecule has 0 saturated heterocycles. The van der Waals surface area contributed by atoms with Crippen molar-refractivity contribution in [3.8, 4) is 5.75 Å². The van der Waals surface area contributed by atoms with Crippen molar-refractivity contribution >= 4 is 15.7 Å². The van der Waals surface area contributed by atoms with Gasteiger partial charge in [-0.15, -0.1) is 0 Å². The Hall–Kier alpha value is -1.36. The van der Waals surface area contributed by atoms with Gasteiger partial charge in [0.05, 0.1) is 12.0 Å². The summed E-state index contributed by atoms with van der Waals surface area (Å²) in [7, 11) is -2.03. The van der Waals surface area contributed by atoms with Gasteiger partial charge in [0, 0.05) is 5.71 Å². The fourth-order valence-corrected chi connectivity index (χ4v) is 2.11. The molecule has 0 atom stereocenters. The summed E-state index contributed by atoms with van der Waals surface area (Å²) in [5.41, 5.74) is 0.505. The first-order valence-corrected chi connectivity index (χ1v) is 5.82. The SMILES string of the molecule is COc1ccc(S(=O)(=O)N=C(C)C)cc1. The first kappa shape index (κ1) is 11.7. The summed E-state index contributed by atoms with van der Waals surface area (Å²) in [6, 6.07) is 6.13. The maximum atomic E-state index is 11.6. The number of rotatable bonds is 3. The van der Waals surface area contributed by atoms with Crippen LogP contribution in [0.4, 0.5) is 0 Å². The molecule has 0 bridgehead atoms. The van der Waals surface area contributed by atoms with Crippen LogP contribution in [0.2, 0.25) is 0 Å². The lowest BCUT2D eigenvalue weighted by molar-refractivity contribution is 0.414. The molecule has 0 unspecified atom stereocenters. The van der Waals surface area contributed by atoms with E-state index in [1.807, 2.05) is 0 Å². The van der Waals surface area contributed by atoms with Crippen LogP contribution in [0.3, 0.4) is 0 Å². The molecule has 5 heteroatoms. The summed E-state index contributed by atoms with van der Waals surface area (Å²) in [6.45, 7) is 3.28. The summed E-state index contributed by atoms with van der Waals surface area (Å²) in [5.74, 6) is 0.617. The highest BCUT2D eigenvalue weighted by Crippen LogP contribution is 2.17. The summed E-state index contributed by atoms with van der Waals surface area (Å²) in [4.78, 5) is 0.171. The summed E-state index contributed by atoms with van der Waals surface area (Å²) < 4.78 is 31.7. The molecule has 0 heterocycles. The van der Waals surface area contributed by atoms with Crippen molar-refractivity contribution in [3.05, 3.63) is 24.3 Å². The maximum absolute atomic E-state index is 11.6. The van der Waals surface area contributed by atoms with Crippen LogP contribution >= 0.6 is 0 Å². The minimum atomic E-state index is -3.55. The number of benzene rings is 1. The van der Waals surface area contributed by atoms with Crippen LogP contribution in [0.1, 0.15) is 13.8 Å². The highest BCUT2D eigenvalue weighted by atomic mass is 32.2. The van der Waals surface area contributed by atoms with Gasteiger partial charge in [0.15, 0.2) is 0 Å². The van der Waals surface area contributed by atoms with Crippen molar-refractivity contribution in [1.29, 1.82) is 0 Å². The van der Waals surface area contributed by atoms with Gasteiger partial charge < -0.3 is 4.74 Å². The van der Waals surface area contributed by atoms with Crippen molar-refractivity contribution in [1.82, 2.24) is 0 Å². The number of ether oxygens (including phenoxy) is 1. The summed E-state index contributed by atoms with van der Waals surface area (Å²) in [5, 5.41) is 0. The van der Waals surface area contributed by atoms with Crippen LogP contribution in [-0.2, 0) is 10.0 Å². The molecule has 0 aliphatic carbocycles. The van der Waals surface area contributed by atoms with Gasteiger partial charge >= 0.3 is 0 Å². The monoisotopic (exact) mass is 227 g/mol. The van der Waals surface area contributed by atoms with Crippen LogP contribution < -0.4 is 4.74 Å². The van der Waals surface area contributed by atoms with E-state index in [1.54, 1.807) is 26.0 Å². The summed E-state index contributed by atoms with van der Waals surface area (Å²) in [6.07, 6.45) is 0. The molecule has 15 heavy (non-hydrogen) atoms. The molecule has 0 fully saturated rings. The van der Waals surface area contributed by atoms with E-state index in [0.29, 0.717) is 11.5 Å². The molecule has 4 nitrogen and oxygen atoms in total. The molecule has 0 amide bonds. The number of hydrogen-bond donors (Lipinski definition) is 0. The standard InChI is InChI=1S/C10H13NO3S/c1-8(2)11-15(12,13)10-6-4-9(14-3)5-7-10/h4-7H,1-3H3. The van der Waals surface area contributed by atoms with Crippen LogP contribution in [0.15, 0.2) is 33.6 Å². The molecule has 0 saturated carbocycles.